The van der Waals surface area contributed by atoms with E-state index in [1.807, 2.05) is 0 Å². The van der Waals surface area contributed by atoms with Crippen LogP contribution in [-0.2, 0) is 0 Å². The van der Waals surface area contributed by atoms with E-state index in [2.05, 4.69) is 24.5 Å². The van der Waals surface area contributed by atoms with Gasteiger partial charge in [-0.3, -0.25) is 0 Å². The van der Waals surface area contributed by atoms with Gasteiger partial charge < -0.3 is 10.6 Å². The lowest BCUT2D eigenvalue weighted by molar-refractivity contribution is 0.373. The molecule has 1 aliphatic heterocycles. The standard InChI is InChI=1S/C9H20N2/c1-8(2)6-11-9-4-3-5-10-7-9/h8-11H,3-7H2,1-2H3/t9-/m1/s1. The van der Waals surface area contributed by atoms with Crippen molar-refractivity contribution in [3.63, 3.8) is 0 Å². The molecule has 0 aromatic rings. The van der Waals surface area contributed by atoms with Crippen LogP contribution in [0.3, 0.4) is 0 Å². The van der Waals surface area contributed by atoms with Gasteiger partial charge in [-0.1, -0.05) is 13.8 Å². The second kappa shape index (κ2) is 4.73. The third-order valence-corrected chi connectivity index (χ3v) is 2.11. The zero-order valence-corrected chi connectivity index (χ0v) is 7.69. The molecule has 1 saturated heterocycles. The molecule has 1 atom stereocenters. The van der Waals surface area contributed by atoms with E-state index in [1.54, 1.807) is 0 Å². The lowest BCUT2D eigenvalue weighted by Crippen LogP contribution is -2.44. The number of hydrogen-bond donors (Lipinski definition) is 2. The van der Waals surface area contributed by atoms with Crippen molar-refractivity contribution in [1.82, 2.24) is 10.6 Å². The van der Waals surface area contributed by atoms with Crippen LogP contribution in [0.25, 0.3) is 0 Å². The molecule has 0 saturated carbocycles. The van der Waals surface area contributed by atoms with Gasteiger partial charge in [0.2, 0.25) is 0 Å². The summed E-state index contributed by atoms with van der Waals surface area (Å²) in [5.74, 6) is 0.775. The van der Waals surface area contributed by atoms with Crippen molar-refractivity contribution >= 4 is 0 Å². The van der Waals surface area contributed by atoms with E-state index in [0.717, 1.165) is 25.0 Å². The fraction of sp³-hybridized carbons (Fsp3) is 1.00. The summed E-state index contributed by atoms with van der Waals surface area (Å²) in [4.78, 5) is 0. The van der Waals surface area contributed by atoms with Crippen LogP contribution >= 0.6 is 0 Å². The molecular weight excluding hydrogens is 136 g/mol. The zero-order chi connectivity index (χ0) is 8.10. The quantitative estimate of drug-likeness (QED) is 0.636. The predicted molar refractivity (Wildman–Crippen MR) is 48.7 cm³/mol. The Bertz CT molecular complexity index is 95.7. The minimum Gasteiger partial charge on any atom is -0.315 e. The number of nitrogens with one attached hydrogen (secondary N) is 2. The summed E-state index contributed by atoms with van der Waals surface area (Å²) in [7, 11) is 0. The average molecular weight is 156 g/mol. The van der Waals surface area contributed by atoms with Gasteiger partial charge in [0, 0.05) is 12.6 Å². The molecule has 1 fully saturated rings. The highest BCUT2D eigenvalue weighted by Crippen LogP contribution is 2.01. The van der Waals surface area contributed by atoms with E-state index >= 15 is 0 Å². The van der Waals surface area contributed by atoms with E-state index in [0.29, 0.717) is 0 Å². The number of hydrogen-bond acceptors (Lipinski definition) is 2. The minimum absolute atomic E-state index is 0.728. The number of rotatable bonds is 3. The zero-order valence-electron chi connectivity index (χ0n) is 7.69. The van der Waals surface area contributed by atoms with E-state index in [9.17, 15) is 0 Å². The summed E-state index contributed by atoms with van der Waals surface area (Å²) < 4.78 is 0. The summed E-state index contributed by atoms with van der Waals surface area (Å²) in [5.41, 5.74) is 0. The van der Waals surface area contributed by atoms with Crippen LogP contribution in [0.4, 0.5) is 0 Å². The van der Waals surface area contributed by atoms with Crippen LogP contribution in [-0.4, -0.2) is 25.7 Å². The van der Waals surface area contributed by atoms with E-state index in [1.165, 1.54) is 19.4 Å². The summed E-state index contributed by atoms with van der Waals surface area (Å²) >= 11 is 0. The molecule has 2 heteroatoms. The summed E-state index contributed by atoms with van der Waals surface area (Å²) in [5, 5.41) is 6.95. The molecule has 1 rings (SSSR count). The Balaban J connectivity index is 2.05. The van der Waals surface area contributed by atoms with Gasteiger partial charge in [-0.15, -0.1) is 0 Å². The van der Waals surface area contributed by atoms with Crippen molar-refractivity contribution < 1.29 is 0 Å². The maximum Gasteiger partial charge on any atom is 0.0193 e. The summed E-state index contributed by atoms with van der Waals surface area (Å²) in [6.07, 6.45) is 2.68. The molecule has 0 aliphatic carbocycles. The first-order valence-corrected chi connectivity index (χ1v) is 4.73. The lowest BCUT2D eigenvalue weighted by atomic mass is 10.1. The first kappa shape index (κ1) is 9.01. The molecule has 2 nitrogen and oxygen atoms in total. The van der Waals surface area contributed by atoms with Crippen molar-refractivity contribution in [3.8, 4) is 0 Å². The predicted octanol–water partition coefficient (Wildman–Crippen LogP) is 0.984. The first-order valence-electron chi connectivity index (χ1n) is 4.73. The highest BCUT2D eigenvalue weighted by Gasteiger charge is 2.11. The molecule has 0 bridgehead atoms. The molecule has 0 radical (unpaired) electrons. The van der Waals surface area contributed by atoms with Gasteiger partial charge in [0.1, 0.15) is 0 Å². The van der Waals surface area contributed by atoms with Crippen molar-refractivity contribution in [2.45, 2.75) is 32.7 Å². The first-order chi connectivity index (χ1) is 5.29. The third kappa shape index (κ3) is 3.73. The molecule has 11 heavy (non-hydrogen) atoms. The van der Waals surface area contributed by atoms with Gasteiger partial charge in [-0.05, 0) is 31.8 Å². The van der Waals surface area contributed by atoms with E-state index in [-0.39, 0.29) is 0 Å². The summed E-state index contributed by atoms with van der Waals surface area (Å²) in [6, 6.07) is 0.728. The topological polar surface area (TPSA) is 24.1 Å². The van der Waals surface area contributed by atoms with Gasteiger partial charge in [-0.2, -0.15) is 0 Å². The Hall–Kier alpha value is -0.0800. The monoisotopic (exact) mass is 156 g/mol. The second-order valence-corrected chi connectivity index (χ2v) is 3.85. The Kier molecular flexibility index (Phi) is 3.87. The van der Waals surface area contributed by atoms with Crippen LogP contribution in [0, 0.1) is 5.92 Å². The fourth-order valence-corrected chi connectivity index (χ4v) is 1.43. The average Bonchev–Trinajstić information content (AvgIpc) is 2.03. The Morgan fingerprint density at radius 1 is 1.55 bits per heavy atom. The molecule has 0 unspecified atom stereocenters. The van der Waals surface area contributed by atoms with Gasteiger partial charge in [0.25, 0.3) is 0 Å². The molecule has 0 spiro atoms. The smallest absolute Gasteiger partial charge is 0.0193 e. The third-order valence-electron chi connectivity index (χ3n) is 2.11. The minimum atomic E-state index is 0.728. The van der Waals surface area contributed by atoms with Crippen molar-refractivity contribution in [2.75, 3.05) is 19.6 Å². The van der Waals surface area contributed by atoms with Crippen LogP contribution in [0.1, 0.15) is 26.7 Å². The largest absolute Gasteiger partial charge is 0.315 e. The van der Waals surface area contributed by atoms with Crippen molar-refractivity contribution in [3.05, 3.63) is 0 Å². The van der Waals surface area contributed by atoms with Gasteiger partial charge in [-0.25, -0.2) is 0 Å². The maximum atomic E-state index is 3.56. The Morgan fingerprint density at radius 3 is 2.91 bits per heavy atom. The molecule has 1 heterocycles. The van der Waals surface area contributed by atoms with E-state index < -0.39 is 0 Å². The molecule has 2 N–H and O–H groups in total. The maximum absolute atomic E-state index is 3.56. The highest BCUT2D eigenvalue weighted by atomic mass is 15.0. The van der Waals surface area contributed by atoms with Crippen LogP contribution < -0.4 is 10.6 Å². The fourth-order valence-electron chi connectivity index (χ4n) is 1.43. The highest BCUT2D eigenvalue weighted by molar-refractivity contribution is 4.74. The second-order valence-electron chi connectivity index (χ2n) is 3.85. The molecule has 0 amide bonds. The van der Waals surface area contributed by atoms with Gasteiger partial charge in [0.05, 0.1) is 0 Å². The SMILES string of the molecule is CC(C)CN[C@@H]1CCCNC1. The van der Waals surface area contributed by atoms with Crippen LogP contribution in [0.2, 0.25) is 0 Å². The van der Waals surface area contributed by atoms with E-state index in [4.69, 9.17) is 0 Å². The van der Waals surface area contributed by atoms with Gasteiger partial charge >= 0.3 is 0 Å². The van der Waals surface area contributed by atoms with Crippen molar-refractivity contribution in [2.24, 2.45) is 5.92 Å². The normalized spacial score (nSPS) is 25.9. The molecule has 0 aromatic heterocycles. The molecule has 1 aliphatic rings. The van der Waals surface area contributed by atoms with Crippen molar-refractivity contribution in [1.29, 1.82) is 0 Å². The molecule has 66 valence electrons. The van der Waals surface area contributed by atoms with Crippen LogP contribution in [0.5, 0.6) is 0 Å². The number of piperidine rings is 1. The Morgan fingerprint density at radius 2 is 2.36 bits per heavy atom. The Labute approximate surface area is 69.8 Å². The molecule has 0 aromatic carbocycles. The van der Waals surface area contributed by atoms with Crippen LogP contribution in [0.15, 0.2) is 0 Å². The van der Waals surface area contributed by atoms with Gasteiger partial charge in [0.15, 0.2) is 0 Å². The summed E-state index contributed by atoms with van der Waals surface area (Å²) in [6.45, 7) is 8.03. The lowest BCUT2D eigenvalue weighted by Gasteiger charge is -2.24. The molecular formula is C9H20N2.